The Hall–Kier alpha value is -1.80. The summed E-state index contributed by atoms with van der Waals surface area (Å²) >= 11 is 1.48. The number of halogens is 1. The van der Waals surface area contributed by atoms with Crippen molar-refractivity contribution >= 4 is 11.3 Å². The molecule has 2 aromatic heterocycles. The molecule has 0 aliphatic rings. The fourth-order valence-electron chi connectivity index (χ4n) is 1.47. The molecule has 0 unspecified atom stereocenters. The molecule has 2 aromatic rings. The van der Waals surface area contributed by atoms with Crippen molar-refractivity contribution < 1.29 is 4.39 Å². The molecule has 18 heavy (non-hydrogen) atoms. The van der Waals surface area contributed by atoms with Gasteiger partial charge in [-0.05, 0) is 32.9 Å². The van der Waals surface area contributed by atoms with Crippen molar-refractivity contribution in [1.82, 2.24) is 9.97 Å². The van der Waals surface area contributed by atoms with Crippen molar-refractivity contribution in [1.29, 1.82) is 5.26 Å². The normalized spacial score (nSPS) is 11.3. The number of rotatable bonds is 2. The number of hydrogen-bond donors (Lipinski definition) is 0. The first kappa shape index (κ1) is 12.7. The number of aromatic nitrogens is 2. The zero-order chi connectivity index (χ0) is 13.3. The second-order valence-corrected chi connectivity index (χ2v) is 5.73. The first-order valence-corrected chi connectivity index (χ1v) is 6.27. The summed E-state index contributed by atoms with van der Waals surface area (Å²) < 4.78 is 12.8. The third-order valence-corrected chi connectivity index (χ3v) is 3.88. The predicted molar refractivity (Wildman–Crippen MR) is 68.7 cm³/mol. The molecule has 0 saturated carbocycles. The number of hydrogen-bond acceptors (Lipinski definition) is 4. The van der Waals surface area contributed by atoms with E-state index in [-0.39, 0.29) is 5.82 Å². The lowest BCUT2D eigenvalue weighted by Crippen LogP contribution is -2.13. The summed E-state index contributed by atoms with van der Waals surface area (Å²) in [6, 6.07) is 5.18. The molecule has 0 spiro atoms. The van der Waals surface area contributed by atoms with Crippen molar-refractivity contribution in [2.45, 2.75) is 26.2 Å². The minimum atomic E-state index is -0.617. The van der Waals surface area contributed by atoms with Gasteiger partial charge in [-0.2, -0.15) is 5.26 Å². The zero-order valence-electron chi connectivity index (χ0n) is 10.4. The Labute approximate surface area is 109 Å². The van der Waals surface area contributed by atoms with E-state index in [1.165, 1.54) is 23.6 Å². The molecule has 0 bridgehead atoms. The van der Waals surface area contributed by atoms with E-state index in [1.807, 2.05) is 20.8 Å². The molecule has 5 heteroatoms. The van der Waals surface area contributed by atoms with Crippen molar-refractivity contribution in [3.8, 4) is 17.5 Å². The minimum absolute atomic E-state index is 0.371. The second kappa shape index (κ2) is 4.46. The molecule has 0 aliphatic carbocycles. The topological polar surface area (TPSA) is 49.6 Å². The van der Waals surface area contributed by atoms with Gasteiger partial charge in [0.15, 0.2) is 0 Å². The second-order valence-electron chi connectivity index (χ2n) is 4.52. The highest BCUT2D eigenvalue weighted by molar-refractivity contribution is 7.12. The Bertz CT molecular complexity index is 608. The quantitative estimate of drug-likeness (QED) is 0.831. The van der Waals surface area contributed by atoms with E-state index in [9.17, 15) is 4.39 Å². The van der Waals surface area contributed by atoms with Gasteiger partial charge in [-0.15, -0.1) is 11.3 Å². The van der Waals surface area contributed by atoms with Crippen LogP contribution in [0.1, 0.15) is 23.7 Å². The number of aryl methyl sites for hydroxylation is 1. The van der Waals surface area contributed by atoms with Crippen LogP contribution >= 0.6 is 11.3 Å². The smallest absolute Gasteiger partial charge is 0.141 e. The van der Waals surface area contributed by atoms with Gasteiger partial charge in [0.05, 0.1) is 18.0 Å². The van der Waals surface area contributed by atoms with E-state index in [2.05, 4.69) is 16.0 Å². The van der Waals surface area contributed by atoms with Crippen LogP contribution in [0.15, 0.2) is 18.3 Å². The first-order chi connectivity index (χ1) is 8.44. The molecule has 0 fully saturated rings. The summed E-state index contributed by atoms with van der Waals surface area (Å²) in [6.07, 6.45) is 1.17. The molecule has 0 atom stereocenters. The van der Waals surface area contributed by atoms with Crippen LogP contribution in [0.4, 0.5) is 4.39 Å². The van der Waals surface area contributed by atoms with Gasteiger partial charge in [0.1, 0.15) is 21.9 Å². The largest absolute Gasteiger partial charge is 0.252 e. The van der Waals surface area contributed by atoms with Crippen LogP contribution < -0.4 is 0 Å². The third kappa shape index (κ3) is 2.24. The van der Waals surface area contributed by atoms with Crippen LogP contribution in [0.5, 0.6) is 0 Å². The van der Waals surface area contributed by atoms with Crippen LogP contribution in [0.25, 0.3) is 11.4 Å². The highest BCUT2D eigenvalue weighted by Crippen LogP contribution is 2.32. The third-order valence-electron chi connectivity index (χ3n) is 2.58. The maximum Gasteiger partial charge on any atom is 0.141 e. The van der Waals surface area contributed by atoms with Crippen molar-refractivity contribution in [2.24, 2.45) is 0 Å². The molecule has 2 rings (SSSR count). The standard InChI is InChI=1S/C13H12FN3S/c1-8-11(10-5-4-9(14)6-16-10)17-12(18-8)13(2,3)7-15/h4-6H,1-3H3. The van der Waals surface area contributed by atoms with E-state index in [0.29, 0.717) is 5.69 Å². The molecular weight excluding hydrogens is 249 g/mol. The Kier molecular flexibility index (Phi) is 3.14. The summed E-state index contributed by atoms with van der Waals surface area (Å²) in [5.41, 5.74) is 0.733. The van der Waals surface area contributed by atoms with E-state index < -0.39 is 5.41 Å². The molecular formula is C13H12FN3S. The van der Waals surface area contributed by atoms with Crippen LogP contribution in [0.2, 0.25) is 0 Å². The number of thiazole rings is 1. The lowest BCUT2D eigenvalue weighted by molar-refractivity contribution is 0.621. The van der Waals surface area contributed by atoms with Gasteiger partial charge in [0.2, 0.25) is 0 Å². The highest BCUT2D eigenvalue weighted by atomic mass is 32.1. The molecule has 0 amide bonds. The summed E-state index contributed by atoms with van der Waals surface area (Å²) in [5.74, 6) is -0.371. The van der Waals surface area contributed by atoms with Gasteiger partial charge in [0.25, 0.3) is 0 Å². The first-order valence-electron chi connectivity index (χ1n) is 5.45. The lowest BCUT2D eigenvalue weighted by atomic mass is 9.97. The fourth-order valence-corrected chi connectivity index (χ4v) is 2.44. The van der Waals surface area contributed by atoms with Crippen LogP contribution in [0.3, 0.4) is 0 Å². The maximum absolute atomic E-state index is 12.8. The molecule has 0 saturated heterocycles. The van der Waals surface area contributed by atoms with Crippen molar-refractivity contribution in [2.75, 3.05) is 0 Å². The van der Waals surface area contributed by atoms with Crippen LogP contribution in [0, 0.1) is 24.1 Å². The molecule has 3 nitrogen and oxygen atoms in total. The molecule has 0 aliphatic heterocycles. The lowest BCUT2D eigenvalue weighted by Gasteiger charge is -2.09. The van der Waals surface area contributed by atoms with E-state index in [0.717, 1.165) is 15.6 Å². The average molecular weight is 261 g/mol. The Balaban J connectivity index is 2.48. The van der Waals surface area contributed by atoms with Gasteiger partial charge in [0, 0.05) is 4.88 Å². The fraction of sp³-hybridized carbons (Fsp3) is 0.308. The van der Waals surface area contributed by atoms with Gasteiger partial charge in [-0.3, -0.25) is 4.98 Å². The van der Waals surface area contributed by atoms with Gasteiger partial charge in [-0.25, -0.2) is 9.37 Å². The summed E-state index contributed by atoms with van der Waals surface area (Å²) in [4.78, 5) is 9.46. The van der Waals surface area contributed by atoms with Crippen LogP contribution in [-0.4, -0.2) is 9.97 Å². The van der Waals surface area contributed by atoms with Crippen molar-refractivity contribution in [3.05, 3.63) is 34.0 Å². The molecule has 92 valence electrons. The van der Waals surface area contributed by atoms with E-state index >= 15 is 0 Å². The van der Waals surface area contributed by atoms with E-state index in [4.69, 9.17) is 5.26 Å². The predicted octanol–water partition coefficient (Wildman–Crippen LogP) is 3.45. The number of nitriles is 1. The number of nitrogens with zero attached hydrogens (tertiary/aromatic N) is 3. The van der Waals surface area contributed by atoms with Gasteiger partial charge >= 0.3 is 0 Å². The molecule has 0 N–H and O–H groups in total. The maximum atomic E-state index is 12.8. The Morgan fingerprint density at radius 1 is 1.39 bits per heavy atom. The molecule has 0 aromatic carbocycles. The SMILES string of the molecule is Cc1sc(C(C)(C)C#N)nc1-c1ccc(F)cn1. The summed E-state index contributed by atoms with van der Waals surface area (Å²) in [6.45, 7) is 5.58. The number of pyridine rings is 1. The van der Waals surface area contributed by atoms with Crippen molar-refractivity contribution in [3.63, 3.8) is 0 Å². The Morgan fingerprint density at radius 3 is 2.67 bits per heavy atom. The van der Waals surface area contributed by atoms with Gasteiger partial charge < -0.3 is 0 Å². The Morgan fingerprint density at radius 2 is 2.11 bits per heavy atom. The summed E-state index contributed by atoms with van der Waals surface area (Å²) in [5, 5.41) is 9.86. The molecule has 2 heterocycles. The molecule has 0 radical (unpaired) electrons. The van der Waals surface area contributed by atoms with Crippen LogP contribution in [-0.2, 0) is 5.41 Å². The highest BCUT2D eigenvalue weighted by Gasteiger charge is 2.25. The monoisotopic (exact) mass is 261 g/mol. The average Bonchev–Trinajstić information content (AvgIpc) is 2.73. The summed E-state index contributed by atoms with van der Waals surface area (Å²) in [7, 11) is 0. The zero-order valence-corrected chi connectivity index (χ0v) is 11.2. The minimum Gasteiger partial charge on any atom is -0.252 e. The van der Waals surface area contributed by atoms with E-state index in [1.54, 1.807) is 6.07 Å². The van der Waals surface area contributed by atoms with Gasteiger partial charge in [-0.1, -0.05) is 0 Å².